The van der Waals surface area contributed by atoms with E-state index in [2.05, 4.69) is 34.2 Å². The van der Waals surface area contributed by atoms with Crippen LogP contribution < -0.4 is 15.8 Å². The van der Waals surface area contributed by atoms with Gasteiger partial charge in [0.15, 0.2) is 11.5 Å². The van der Waals surface area contributed by atoms with Crippen molar-refractivity contribution in [1.82, 2.24) is 9.97 Å². The molecule has 178 valence electrons. The third-order valence-corrected chi connectivity index (χ3v) is 9.83. The number of anilines is 1. The van der Waals surface area contributed by atoms with Crippen molar-refractivity contribution < 1.29 is 14.2 Å². The average molecular weight is 497 g/mol. The van der Waals surface area contributed by atoms with Crippen molar-refractivity contribution in [3.63, 3.8) is 0 Å². The molecule has 0 bridgehead atoms. The number of benzene rings is 1. The fourth-order valence-corrected chi connectivity index (χ4v) is 8.05. The zero-order valence-electron chi connectivity index (χ0n) is 19.3. The maximum absolute atomic E-state index is 12.8. The van der Waals surface area contributed by atoms with Crippen molar-refractivity contribution in [2.24, 2.45) is 10.9 Å². The number of rotatable bonds is 5. The first-order chi connectivity index (χ1) is 16.2. The number of aromatic nitrogens is 2. The number of ether oxygens (including phenoxy) is 1. The van der Waals surface area contributed by atoms with Crippen LogP contribution in [0.15, 0.2) is 52.4 Å². The van der Waals surface area contributed by atoms with Gasteiger partial charge in [0.25, 0.3) is 0 Å². The monoisotopic (exact) mass is 496 g/mol. The van der Waals surface area contributed by atoms with E-state index in [-0.39, 0.29) is 0 Å². The lowest BCUT2D eigenvalue weighted by Crippen LogP contribution is -2.41. The van der Waals surface area contributed by atoms with Crippen LogP contribution in [0.4, 0.5) is 11.5 Å². The topological polar surface area (TPSA) is 111 Å². The summed E-state index contributed by atoms with van der Waals surface area (Å²) < 4.78 is 18.8. The molecule has 1 aromatic carbocycles. The number of aliphatic imine (C=N–C) groups is 1. The second-order valence-corrected chi connectivity index (χ2v) is 12.8. The number of hydrogen-bond acceptors (Lipinski definition) is 7. The van der Waals surface area contributed by atoms with Crippen molar-refractivity contribution in [1.29, 1.82) is 0 Å². The number of hydrogen-bond donors (Lipinski definition) is 2. The normalized spacial score (nSPS) is 23.3. The summed E-state index contributed by atoms with van der Waals surface area (Å²) in [6.07, 6.45) is 5.79. The Morgan fingerprint density at radius 1 is 1.15 bits per heavy atom. The van der Waals surface area contributed by atoms with Gasteiger partial charge in [0.1, 0.15) is 11.9 Å². The van der Waals surface area contributed by atoms with Gasteiger partial charge in [-0.2, -0.15) is 16.3 Å². The lowest BCUT2D eigenvalue weighted by molar-refractivity contribution is 0.171. The van der Waals surface area contributed by atoms with Crippen LogP contribution in [0.25, 0.3) is 0 Å². The van der Waals surface area contributed by atoms with E-state index < -0.39 is 13.0 Å². The molecule has 7 nitrogen and oxygen atoms in total. The van der Waals surface area contributed by atoms with Crippen LogP contribution in [0, 0.1) is 5.92 Å². The van der Waals surface area contributed by atoms with Crippen LogP contribution in [0.3, 0.4) is 0 Å². The highest BCUT2D eigenvalue weighted by molar-refractivity contribution is 7.66. The molecule has 0 radical (unpaired) electrons. The second-order valence-electron chi connectivity index (χ2n) is 9.69. The van der Waals surface area contributed by atoms with Crippen molar-refractivity contribution in [3.8, 4) is 5.88 Å². The van der Waals surface area contributed by atoms with E-state index in [9.17, 15) is 9.46 Å². The molecular weight excluding hydrogens is 467 g/mol. The van der Waals surface area contributed by atoms with Crippen LogP contribution in [0.2, 0.25) is 0 Å². The summed E-state index contributed by atoms with van der Waals surface area (Å²) >= 11 is 1.47. The molecule has 34 heavy (non-hydrogen) atoms. The molecule has 3 N–H and O–H groups in total. The third kappa shape index (κ3) is 4.54. The van der Waals surface area contributed by atoms with E-state index in [4.69, 9.17) is 15.5 Å². The molecule has 9 heteroatoms. The van der Waals surface area contributed by atoms with E-state index in [1.54, 1.807) is 11.4 Å². The van der Waals surface area contributed by atoms with E-state index in [0.29, 0.717) is 40.7 Å². The zero-order chi connectivity index (χ0) is 23.9. The number of nitrogen functional groups attached to an aromatic ring is 1. The van der Waals surface area contributed by atoms with Crippen LogP contribution in [0.1, 0.15) is 56.6 Å². The van der Waals surface area contributed by atoms with Gasteiger partial charge in [0.05, 0.1) is 5.71 Å². The molecule has 0 spiro atoms. The molecule has 3 aromatic rings. The highest BCUT2D eigenvalue weighted by atomic mass is 32.1. The summed E-state index contributed by atoms with van der Waals surface area (Å²) in [4.78, 5) is 23.5. The summed E-state index contributed by atoms with van der Waals surface area (Å²) in [6.45, 7) is 3.94. The fourth-order valence-electron chi connectivity index (χ4n) is 5.01. The van der Waals surface area contributed by atoms with Gasteiger partial charge < -0.3 is 15.4 Å². The number of nitrogens with two attached hydrogens (primary N) is 1. The van der Waals surface area contributed by atoms with Gasteiger partial charge >= 0.3 is 0 Å². The number of thiophene rings is 1. The molecule has 3 heterocycles. The first kappa shape index (κ1) is 23.2. The Kier molecular flexibility index (Phi) is 6.09. The van der Waals surface area contributed by atoms with Gasteiger partial charge in [-0.1, -0.05) is 24.3 Å². The Hall–Kier alpha value is -2.54. The second kappa shape index (κ2) is 8.91. The predicted molar refractivity (Wildman–Crippen MR) is 137 cm³/mol. The van der Waals surface area contributed by atoms with Crippen molar-refractivity contribution in [3.05, 3.63) is 58.5 Å². The Bertz CT molecular complexity index is 1250. The Morgan fingerprint density at radius 3 is 2.56 bits per heavy atom. The first-order valence-electron chi connectivity index (χ1n) is 11.6. The highest BCUT2D eigenvalue weighted by Crippen LogP contribution is 2.47. The molecule has 2 aromatic heterocycles. The molecule has 0 saturated heterocycles. The molecule has 0 amide bonds. The molecule has 1 atom stereocenters. The van der Waals surface area contributed by atoms with Crippen molar-refractivity contribution >= 4 is 41.2 Å². The molecule has 1 fully saturated rings. The molecule has 1 unspecified atom stereocenters. The van der Waals surface area contributed by atoms with Crippen LogP contribution >= 0.6 is 18.7 Å². The first-order valence-corrected chi connectivity index (χ1v) is 14.4. The molecule has 1 aliphatic heterocycles. The van der Waals surface area contributed by atoms with E-state index >= 15 is 0 Å². The maximum Gasteiger partial charge on any atom is 0.246 e. The van der Waals surface area contributed by atoms with Gasteiger partial charge in [-0.3, -0.25) is 4.57 Å². The van der Waals surface area contributed by atoms with Gasteiger partial charge in [-0.25, -0.2) is 9.98 Å². The quantitative estimate of drug-likeness (QED) is 0.465. The highest BCUT2D eigenvalue weighted by Gasteiger charge is 2.35. The number of fused-ring (bicyclic) bond motifs is 1. The van der Waals surface area contributed by atoms with Gasteiger partial charge in [0.2, 0.25) is 13.2 Å². The summed E-state index contributed by atoms with van der Waals surface area (Å²) in [5, 5.41) is 4.27. The standard InChI is InChI=1S/C25H29N4O3PS/c1-25(2)22(29-21-23(26)27-15-28-24(21)32-25)19-9-7-18(8-10-19)17-5-3-16(4-6-17)13-33(30,31)20-11-12-34-14-20/h7-12,14-17H,3-6,13H2,1-2H3,(H,30,31)(H2,26,27,28)/t16-,17-. The number of nitrogens with zero attached hydrogens (tertiary/aromatic N) is 3. The zero-order valence-corrected chi connectivity index (χ0v) is 21.1. The lowest BCUT2D eigenvalue weighted by Gasteiger charge is -2.32. The molecule has 1 saturated carbocycles. The average Bonchev–Trinajstić information content (AvgIpc) is 3.35. The molecular formula is C25H29N4O3PS. The third-order valence-electron chi connectivity index (χ3n) is 6.88. The Labute approximate surface area is 203 Å². The maximum atomic E-state index is 12.8. The van der Waals surface area contributed by atoms with Gasteiger partial charge in [0, 0.05) is 22.4 Å². The largest absolute Gasteiger partial charge is 0.463 e. The SMILES string of the molecule is CC1(C)Oc2ncnc(N)c2N=C1c1ccc([C@H]2CC[C@H](CP(=O)(O)c3ccsc3)CC2)cc1. The molecule has 5 rings (SSSR count). The Morgan fingerprint density at radius 2 is 1.88 bits per heavy atom. The minimum atomic E-state index is -3.25. The minimum absolute atomic E-state index is 0.300. The minimum Gasteiger partial charge on any atom is -0.463 e. The van der Waals surface area contributed by atoms with Gasteiger partial charge in [-0.05, 0) is 68.4 Å². The van der Waals surface area contributed by atoms with Crippen molar-refractivity contribution in [2.45, 2.75) is 51.0 Å². The Balaban J connectivity index is 1.27. The summed E-state index contributed by atoms with van der Waals surface area (Å²) in [7, 11) is -3.25. The van der Waals surface area contributed by atoms with E-state index in [1.165, 1.54) is 23.2 Å². The molecule has 1 aliphatic carbocycles. The summed E-state index contributed by atoms with van der Waals surface area (Å²) in [5.74, 6) is 1.47. The smallest absolute Gasteiger partial charge is 0.246 e. The van der Waals surface area contributed by atoms with E-state index in [0.717, 1.165) is 37.0 Å². The van der Waals surface area contributed by atoms with Crippen LogP contribution in [0.5, 0.6) is 5.88 Å². The lowest BCUT2D eigenvalue weighted by atomic mass is 9.79. The summed E-state index contributed by atoms with van der Waals surface area (Å²) in [6, 6.07) is 10.3. The van der Waals surface area contributed by atoms with Gasteiger partial charge in [-0.15, -0.1) is 0 Å². The molecule has 2 aliphatic rings. The van der Waals surface area contributed by atoms with Crippen LogP contribution in [-0.2, 0) is 4.57 Å². The van der Waals surface area contributed by atoms with Crippen molar-refractivity contribution in [2.75, 3.05) is 11.9 Å². The van der Waals surface area contributed by atoms with Crippen LogP contribution in [-0.4, -0.2) is 32.3 Å². The summed E-state index contributed by atoms with van der Waals surface area (Å²) in [5.41, 5.74) is 8.90. The van der Waals surface area contributed by atoms with E-state index in [1.807, 2.05) is 19.2 Å². The predicted octanol–water partition coefficient (Wildman–Crippen LogP) is 5.28. The fraction of sp³-hybridized carbons (Fsp3) is 0.400.